The van der Waals surface area contributed by atoms with Gasteiger partial charge in [0.15, 0.2) is 0 Å². The van der Waals surface area contributed by atoms with Gasteiger partial charge in [0.2, 0.25) is 5.91 Å². The number of aromatic amines is 1. The summed E-state index contributed by atoms with van der Waals surface area (Å²) in [5.41, 5.74) is 4.30. The molecule has 5 rings (SSSR count). The predicted octanol–water partition coefficient (Wildman–Crippen LogP) is 3.55. The van der Waals surface area contributed by atoms with Gasteiger partial charge >= 0.3 is 0 Å². The number of carbonyl (C=O) groups is 1. The van der Waals surface area contributed by atoms with E-state index in [-0.39, 0.29) is 18.0 Å². The highest BCUT2D eigenvalue weighted by Gasteiger charge is 2.29. The number of hydrogen-bond acceptors (Lipinski definition) is 6. The lowest BCUT2D eigenvalue weighted by Crippen LogP contribution is -2.48. The fourth-order valence-electron chi connectivity index (χ4n) is 5.27. The van der Waals surface area contributed by atoms with Gasteiger partial charge in [0.05, 0.1) is 24.6 Å². The molecule has 8 heteroatoms. The summed E-state index contributed by atoms with van der Waals surface area (Å²) < 4.78 is 5.73. The maximum atomic E-state index is 13.7. The molecular weight excluding hydrogens is 452 g/mol. The average molecular weight is 487 g/mol. The zero-order valence-corrected chi connectivity index (χ0v) is 21.2. The zero-order chi connectivity index (χ0) is 25.1. The fourth-order valence-corrected chi connectivity index (χ4v) is 5.27. The number of benzene rings is 1. The van der Waals surface area contributed by atoms with E-state index in [1.807, 2.05) is 49.5 Å². The Balaban J connectivity index is 1.50. The number of nitrogens with zero attached hydrogens (tertiary/aromatic N) is 4. The maximum Gasteiger partial charge on any atom is 0.240 e. The van der Waals surface area contributed by atoms with Gasteiger partial charge in [0.25, 0.3) is 0 Å². The Morgan fingerprint density at radius 3 is 2.81 bits per heavy atom. The number of amides is 1. The first-order valence-corrected chi connectivity index (χ1v) is 12.5. The minimum absolute atomic E-state index is 0.0595. The van der Waals surface area contributed by atoms with Crippen LogP contribution in [0.15, 0.2) is 66.3 Å². The summed E-state index contributed by atoms with van der Waals surface area (Å²) in [6.45, 7) is 1.31. The molecule has 3 aromatic rings. The van der Waals surface area contributed by atoms with Crippen molar-refractivity contribution < 1.29 is 9.53 Å². The molecule has 188 valence electrons. The molecule has 1 aromatic carbocycles. The molecule has 2 aromatic heterocycles. The third kappa shape index (κ3) is 4.99. The molecule has 0 fully saturated rings. The molecule has 2 bridgehead atoms. The van der Waals surface area contributed by atoms with Crippen molar-refractivity contribution in [1.29, 1.82) is 0 Å². The summed E-state index contributed by atoms with van der Waals surface area (Å²) in [5, 5.41) is 4.66. The number of carbonyl (C=O) groups excluding carboxylic acids is 1. The lowest BCUT2D eigenvalue weighted by Gasteiger charge is -2.33. The SMILES string of the molecule is COC1=C2CC(C=C1)Nc1ncnc3[nH]cc(c13)CCCN(C)C(=O)[C@H](Cc1ccccc1)N(C)C2. The van der Waals surface area contributed by atoms with Gasteiger partial charge in [-0.3, -0.25) is 9.69 Å². The summed E-state index contributed by atoms with van der Waals surface area (Å²) in [6, 6.07) is 10.0. The molecule has 1 unspecified atom stereocenters. The van der Waals surface area contributed by atoms with Crippen molar-refractivity contribution in [2.24, 2.45) is 0 Å². The number of aromatic nitrogens is 3. The Morgan fingerprint density at radius 1 is 1.17 bits per heavy atom. The number of likely N-dealkylation sites (N-methyl/N-ethyl adjacent to an activating group) is 2. The van der Waals surface area contributed by atoms with Crippen LogP contribution in [-0.2, 0) is 22.4 Å². The molecule has 1 amide bonds. The second kappa shape index (κ2) is 10.5. The summed E-state index contributed by atoms with van der Waals surface area (Å²) in [7, 11) is 5.66. The largest absolute Gasteiger partial charge is 0.497 e. The molecule has 2 N–H and O–H groups in total. The van der Waals surface area contributed by atoms with Gasteiger partial charge in [-0.15, -0.1) is 0 Å². The molecule has 0 saturated carbocycles. The van der Waals surface area contributed by atoms with E-state index in [4.69, 9.17) is 4.74 Å². The number of hydrogen-bond donors (Lipinski definition) is 2. The smallest absolute Gasteiger partial charge is 0.240 e. The van der Waals surface area contributed by atoms with Gasteiger partial charge < -0.3 is 19.9 Å². The van der Waals surface area contributed by atoms with E-state index in [2.05, 4.69) is 43.4 Å². The average Bonchev–Trinajstić information content (AvgIpc) is 3.31. The highest BCUT2D eigenvalue weighted by Crippen LogP contribution is 2.29. The Bertz CT molecular complexity index is 1280. The molecule has 36 heavy (non-hydrogen) atoms. The number of methoxy groups -OCH3 is 1. The molecular formula is C28H34N6O2. The van der Waals surface area contributed by atoms with Crippen molar-refractivity contribution in [2.75, 3.05) is 39.6 Å². The minimum Gasteiger partial charge on any atom is -0.497 e. The van der Waals surface area contributed by atoms with Gasteiger partial charge in [-0.1, -0.05) is 36.4 Å². The van der Waals surface area contributed by atoms with E-state index in [0.29, 0.717) is 19.5 Å². The third-order valence-corrected chi connectivity index (χ3v) is 7.23. The number of allylic oxidation sites excluding steroid dienone is 1. The number of anilines is 1. The van der Waals surface area contributed by atoms with Gasteiger partial charge in [-0.05, 0) is 55.5 Å². The first-order valence-electron chi connectivity index (χ1n) is 12.5. The van der Waals surface area contributed by atoms with Crippen LogP contribution in [-0.4, -0.2) is 77.0 Å². The molecule has 0 radical (unpaired) electrons. The van der Waals surface area contributed by atoms with Crippen molar-refractivity contribution in [1.82, 2.24) is 24.8 Å². The first kappa shape index (κ1) is 24.1. The predicted molar refractivity (Wildman–Crippen MR) is 142 cm³/mol. The third-order valence-electron chi connectivity index (χ3n) is 7.23. The molecule has 2 aliphatic rings. The standard InChI is InChI=1S/C28H34N6O2/c1-33-13-7-10-20-16-29-26-25(20)27(31-18-30-26)32-22-11-12-24(36-3)21(15-22)17-34(2)23(28(33)35)14-19-8-5-4-6-9-19/h4-6,8-9,11-12,16,18,22-23H,7,10,13-15,17H2,1-3H3,(H2,29,30,31,32)/t22?,23-/m0/s1. The fraction of sp³-hybridized carbons (Fsp3) is 0.393. The summed E-state index contributed by atoms with van der Waals surface area (Å²) in [6.07, 6.45) is 10.9. The van der Waals surface area contributed by atoms with E-state index in [1.54, 1.807) is 13.4 Å². The minimum atomic E-state index is -0.271. The maximum absolute atomic E-state index is 13.7. The van der Waals surface area contributed by atoms with Crippen LogP contribution >= 0.6 is 0 Å². The number of nitrogens with one attached hydrogen (secondary N) is 2. The zero-order valence-electron chi connectivity index (χ0n) is 21.2. The van der Waals surface area contributed by atoms with Crippen molar-refractivity contribution in [3.05, 3.63) is 77.5 Å². The second-order valence-corrected chi connectivity index (χ2v) is 9.73. The van der Waals surface area contributed by atoms with Crippen LogP contribution in [0, 0.1) is 0 Å². The molecule has 0 spiro atoms. The Morgan fingerprint density at radius 2 is 2.00 bits per heavy atom. The number of rotatable bonds is 3. The molecule has 0 saturated heterocycles. The van der Waals surface area contributed by atoms with Crippen LogP contribution in [0.1, 0.15) is 24.0 Å². The second-order valence-electron chi connectivity index (χ2n) is 9.73. The van der Waals surface area contributed by atoms with Crippen LogP contribution in [0.5, 0.6) is 0 Å². The van der Waals surface area contributed by atoms with E-state index in [0.717, 1.165) is 58.6 Å². The molecule has 1 aliphatic heterocycles. The van der Waals surface area contributed by atoms with Crippen LogP contribution in [0.2, 0.25) is 0 Å². The van der Waals surface area contributed by atoms with Gasteiger partial charge in [-0.2, -0.15) is 0 Å². The summed E-state index contributed by atoms with van der Waals surface area (Å²) >= 11 is 0. The van der Waals surface area contributed by atoms with Crippen LogP contribution < -0.4 is 5.32 Å². The molecule has 8 nitrogen and oxygen atoms in total. The van der Waals surface area contributed by atoms with Crippen LogP contribution in [0.25, 0.3) is 11.0 Å². The number of H-pyrrole nitrogens is 1. The van der Waals surface area contributed by atoms with E-state index < -0.39 is 0 Å². The Labute approximate surface area is 212 Å². The number of fused-ring (bicyclic) bond motifs is 2. The highest BCUT2D eigenvalue weighted by molar-refractivity contribution is 5.90. The molecule has 3 heterocycles. The van der Waals surface area contributed by atoms with Gasteiger partial charge in [0, 0.05) is 26.3 Å². The van der Waals surface area contributed by atoms with Crippen molar-refractivity contribution in [2.45, 2.75) is 37.8 Å². The van der Waals surface area contributed by atoms with Gasteiger partial charge in [0.1, 0.15) is 23.6 Å². The van der Waals surface area contributed by atoms with Crippen molar-refractivity contribution in [3.8, 4) is 0 Å². The normalized spacial score (nSPS) is 21.8. The van der Waals surface area contributed by atoms with Crippen molar-refractivity contribution in [3.63, 3.8) is 0 Å². The van der Waals surface area contributed by atoms with Crippen LogP contribution in [0.3, 0.4) is 0 Å². The highest BCUT2D eigenvalue weighted by atomic mass is 16.5. The quantitative estimate of drug-likeness (QED) is 0.589. The van der Waals surface area contributed by atoms with Crippen LogP contribution in [0.4, 0.5) is 5.82 Å². The monoisotopic (exact) mass is 486 g/mol. The molecule has 2 atom stereocenters. The first-order chi connectivity index (χ1) is 17.5. The van der Waals surface area contributed by atoms with E-state index in [9.17, 15) is 4.79 Å². The number of aryl methyl sites for hydroxylation is 1. The topological polar surface area (TPSA) is 86.4 Å². The molecule has 1 aliphatic carbocycles. The number of ether oxygens (including phenoxy) is 1. The van der Waals surface area contributed by atoms with Gasteiger partial charge in [-0.25, -0.2) is 9.97 Å². The lowest BCUT2D eigenvalue weighted by molar-refractivity contribution is -0.135. The lowest BCUT2D eigenvalue weighted by atomic mass is 9.96. The summed E-state index contributed by atoms with van der Waals surface area (Å²) in [4.78, 5) is 30.1. The summed E-state index contributed by atoms with van der Waals surface area (Å²) in [5.74, 6) is 1.83. The Hall–Kier alpha value is -3.65. The van der Waals surface area contributed by atoms with E-state index >= 15 is 0 Å². The Kier molecular flexibility index (Phi) is 7.04. The van der Waals surface area contributed by atoms with Crippen molar-refractivity contribution >= 4 is 22.8 Å². The van der Waals surface area contributed by atoms with E-state index in [1.165, 1.54) is 0 Å².